The van der Waals surface area contributed by atoms with Crippen LogP contribution >= 0.6 is 0 Å². The minimum absolute atomic E-state index is 0.138. The molecule has 6 rings (SSSR count). The normalized spacial score (nSPS) is 39.2. The van der Waals surface area contributed by atoms with E-state index in [0.29, 0.717) is 11.5 Å². The van der Waals surface area contributed by atoms with Crippen LogP contribution in [0, 0.1) is 39.9 Å². The molecule has 1 N–H and O–H groups in total. The van der Waals surface area contributed by atoms with Crippen molar-refractivity contribution in [2.75, 3.05) is 0 Å². The number of aliphatic hydroxyl groups excluding tert-OH is 1. The van der Waals surface area contributed by atoms with Gasteiger partial charge in [-0.05, 0) is 86.3 Å². The third-order valence-electron chi connectivity index (χ3n) is 9.55. The van der Waals surface area contributed by atoms with Gasteiger partial charge in [-0.1, -0.05) is 31.6 Å². The Morgan fingerprint density at radius 1 is 1.10 bits per heavy atom. The Morgan fingerprint density at radius 2 is 1.94 bits per heavy atom. The Hall–Kier alpha value is -2.38. The summed E-state index contributed by atoms with van der Waals surface area (Å²) in [4.78, 5) is 4.63. The largest absolute Gasteiger partial charge is 0.393 e. The summed E-state index contributed by atoms with van der Waals surface area (Å²) in [7, 11) is 0. The second-order valence-corrected chi connectivity index (χ2v) is 10.9. The smallest absolute Gasteiger partial charge is 0.100 e. The molecule has 0 spiro atoms. The van der Waals surface area contributed by atoms with Gasteiger partial charge in [-0.25, -0.2) is 4.98 Å². The van der Waals surface area contributed by atoms with Gasteiger partial charge in [0.1, 0.15) is 6.33 Å². The maximum atomic E-state index is 10.2. The second kappa shape index (κ2) is 6.56. The highest BCUT2D eigenvalue weighted by atomic mass is 16.3. The van der Waals surface area contributed by atoms with E-state index in [1.54, 1.807) is 0 Å². The van der Waals surface area contributed by atoms with Crippen molar-refractivity contribution in [3.05, 3.63) is 47.8 Å². The Balaban J connectivity index is 1.35. The van der Waals surface area contributed by atoms with Crippen LogP contribution in [0.3, 0.4) is 0 Å². The van der Waals surface area contributed by atoms with Gasteiger partial charge < -0.3 is 9.67 Å². The standard InChI is InChI=1S/C27H31N3O/c1-26-11-9-19(31)14-18(26)4-5-20-21-6-8-25(27(21,2)12-10-22(20)26)30-16-29-23-13-17(15-28)3-7-24(23)30/h3-4,7-8,13,16,19-22,31H,5-6,9-12,14H2,1-2H3/t19-,20-,21-,22-,26-,27-/m0/s1. The second-order valence-electron chi connectivity index (χ2n) is 10.9. The topological polar surface area (TPSA) is 61.8 Å². The van der Waals surface area contributed by atoms with Gasteiger partial charge in [0.2, 0.25) is 0 Å². The molecular formula is C27H31N3O. The van der Waals surface area contributed by atoms with Crippen LogP contribution in [0.25, 0.3) is 16.7 Å². The first-order valence-electron chi connectivity index (χ1n) is 11.9. The first kappa shape index (κ1) is 19.3. The van der Waals surface area contributed by atoms with Crippen molar-refractivity contribution < 1.29 is 5.11 Å². The van der Waals surface area contributed by atoms with Crippen molar-refractivity contribution in [3.63, 3.8) is 0 Å². The van der Waals surface area contributed by atoms with Gasteiger partial charge in [-0.15, -0.1) is 0 Å². The molecule has 4 aliphatic rings. The van der Waals surface area contributed by atoms with Gasteiger partial charge in [-0.2, -0.15) is 5.26 Å². The lowest BCUT2D eigenvalue weighted by atomic mass is 9.48. The number of hydrogen-bond acceptors (Lipinski definition) is 3. The van der Waals surface area contributed by atoms with Crippen molar-refractivity contribution in [3.8, 4) is 6.07 Å². The molecule has 1 heterocycles. The van der Waals surface area contributed by atoms with Crippen LogP contribution in [0.5, 0.6) is 0 Å². The maximum absolute atomic E-state index is 10.2. The number of nitriles is 1. The Kier molecular flexibility index (Phi) is 4.09. The van der Waals surface area contributed by atoms with E-state index in [1.807, 2.05) is 24.5 Å². The number of aliphatic hydroxyl groups is 1. The summed E-state index contributed by atoms with van der Waals surface area (Å²) in [5, 5.41) is 19.5. The van der Waals surface area contributed by atoms with E-state index in [1.165, 1.54) is 30.5 Å². The van der Waals surface area contributed by atoms with Crippen LogP contribution in [0.1, 0.15) is 64.4 Å². The lowest BCUT2D eigenvalue weighted by Gasteiger charge is -2.57. The minimum atomic E-state index is -0.138. The molecule has 0 saturated heterocycles. The molecule has 0 radical (unpaired) electrons. The van der Waals surface area contributed by atoms with Crippen LogP contribution < -0.4 is 0 Å². The van der Waals surface area contributed by atoms with E-state index in [9.17, 15) is 10.4 Å². The van der Waals surface area contributed by atoms with E-state index in [4.69, 9.17) is 0 Å². The monoisotopic (exact) mass is 413 g/mol. The van der Waals surface area contributed by atoms with Crippen molar-refractivity contribution in [2.45, 2.75) is 64.9 Å². The molecule has 1 aromatic carbocycles. The van der Waals surface area contributed by atoms with E-state index in [-0.39, 0.29) is 16.9 Å². The predicted octanol–water partition coefficient (Wildman–Crippen LogP) is 5.68. The van der Waals surface area contributed by atoms with Crippen LogP contribution in [-0.4, -0.2) is 20.8 Å². The van der Waals surface area contributed by atoms with Crippen LogP contribution in [0.15, 0.2) is 42.3 Å². The lowest BCUT2D eigenvalue weighted by Crippen LogP contribution is -2.50. The summed E-state index contributed by atoms with van der Waals surface area (Å²) >= 11 is 0. The fourth-order valence-electron chi connectivity index (χ4n) is 7.83. The highest BCUT2D eigenvalue weighted by Gasteiger charge is 2.57. The summed E-state index contributed by atoms with van der Waals surface area (Å²) in [6.45, 7) is 4.97. The number of imidazole rings is 1. The number of benzene rings is 1. The molecule has 2 aromatic rings. The average molecular weight is 414 g/mol. The van der Waals surface area contributed by atoms with Crippen LogP contribution in [0.4, 0.5) is 0 Å². The molecule has 2 fully saturated rings. The van der Waals surface area contributed by atoms with Crippen molar-refractivity contribution in [1.82, 2.24) is 9.55 Å². The summed E-state index contributed by atoms with van der Waals surface area (Å²) < 4.78 is 2.29. The average Bonchev–Trinajstić information content (AvgIpc) is 3.33. The SMILES string of the molecule is C[C@]12CC[C@H](O)CC1=CC[C@@H]1[C@@H]2CC[C@]2(C)C(n3cnc4cc(C#N)ccc43)=CC[C@@H]12. The maximum Gasteiger partial charge on any atom is 0.100 e. The molecule has 0 aliphatic heterocycles. The van der Waals surface area contributed by atoms with E-state index in [2.05, 4.69) is 41.6 Å². The highest BCUT2D eigenvalue weighted by Crippen LogP contribution is 2.65. The molecule has 0 unspecified atom stereocenters. The minimum Gasteiger partial charge on any atom is -0.393 e. The number of rotatable bonds is 1. The molecule has 6 atom stereocenters. The summed E-state index contributed by atoms with van der Waals surface area (Å²) in [5.74, 6) is 2.12. The number of hydrogen-bond donors (Lipinski definition) is 1. The predicted molar refractivity (Wildman–Crippen MR) is 122 cm³/mol. The molecule has 4 aliphatic carbocycles. The molecular weight excluding hydrogens is 382 g/mol. The van der Waals surface area contributed by atoms with Crippen molar-refractivity contribution in [2.24, 2.45) is 28.6 Å². The van der Waals surface area contributed by atoms with Crippen molar-refractivity contribution >= 4 is 16.7 Å². The Bertz CT molecular complexity index is 1170. The van der Waals surface area contributed by atoms with Gasteiger partial charge >= 0.3 is 0 Å². The zero-order valence-electron chi connectivity index (χ0n) is 18.5. The third kappa shape index (κ3) is 2.59. The van der Waals surface area contributed by atoms with Crippen LogP contribution in [-0.2, 0) is 0 Å². The van der Waals surface area contributed by atoms with Crippen LogP contribution in [0.2, 0.25) is 0 Å². The van der Waals surface area contributed by atoms with Gasteiger partial charge in [0.15, 0.2) is 0 Å². The number of nitrogens with zero attached hydrogens (tertiary/aromatic N) is 3. The van der Waals surface area contributed by atoms with Gasteiger partial charge in [0.25, 0.3) is 0 Å². The number of allylic oxidation sites excluding steroid dienone is 3. The van der Waals surface area contributed by atoms with Gasteiger partial charge in [0, 0.05) is 11.1 Å². The third-order valence-corrected chi connectivity index (χ3v) is 9.55. The lowest BCUT2D eigenvalue weighted by molar-refractivity contribution is -0.0249. The fraction of sp³-hybridized carbons (Fsp3) is 0.556. The van der Waals surface area contributed by atoms with Gasteiger partial charge in [-0.3, -0.25) is 0 Å². The fourth-order valence-corrected chi connectivity index (χ4v) is 7.83. The molecule has 1 aromatic heterocycles. The zero-order valence-corrected chi connectivity index (χ0v) is 18.5. The zero-order chi connectivity index (χ0) is 21.4. The Morgan fingerprint density at radius 3 is 2.77 bits per heavy atom. The molecule has 31 heavy (non-hydrogen) atoms. The van der Waals surface area contributed by atoms with E-state index in [0.717, 1.165) is 48.6 Å². The highest BCUT2D eigenvalue weighted by molar-refractivity contribution is 5.81. The summed E-state index contributed by atoms with van der Waals surface area (Å²) in [5.41, 5.74) is 6.06. The van der Waals surface area contributed by atoms with E-state index >= 15 is 0 Å². The first-order valence-corrected chi connectivity index (χ1v) is 11.9. The van der Waals surface area contributed by atoms with Crippen molar-refractivity contribution in [1.29, 1.82) is 5.26 Å². The molecule has 4 heteroatoms. The molecule has 0 bridgehead atoms. The Labute approximate surface area is 184 Å². The van der Waals surface area contributed by atoms with Gasteiger partial charge in [0.05, 0.1) is 28.8 Å². The summed E-state index contributed by atoms with van der Waals surface area (Å²) in [6.07, 6.45) is 14.6. The molecule has 2 saturated carbocycles. The van der Waals surface area contributed by atoms with E-state index < -0.39 is 0 Å². The first-order chi connectivity index (χ1) is 14.9. The molecule has 160 valence electrons. The number of fused-ring (bicyclic) bond motifs is 6. The molecule has 4 nitrogen and oxygen atoms in total. The quantitative estimate of drug-likeness (QED) is 0.612. The summed E-state index contributed by atoms with van der Waals surface area (Å²) in [6, 6.07) is 8.07. The number of aromatic nitrogens is 2. The molecule has 0 amide bonds.